The SMILES string of the molecule is Cc1c(CC(=O)N[C@@H](Cc2ccccc2)C(=O)N(C)c2ccccc2)c2ccccc2n1Cc1cccnc1. The number of aromatic nitrogens is 2. The zero-order valence-electron chi connectivity index (χ0n) is 22.2. The molecule has 6 nitrogen and oxygen atoms in total. The Hall–Kier alpha value is -4.71. The first-order chi connectivity index (χ1) is 19.0. The number of likely N-dealkylation sites (N-methyl/N-ethyl adjacent to an activating group) is 1. The van der Waals surface area contributed by atoms with Gasteiger partial charge in [0.15, 0.2) is 0 Å². The van der Waals surface area contributed by atoms with Gasteiger partial charge in [-0.2, -0.15) is 0 Å². The fourth-order valence-electron chi connectivity index (χ4n) is 5.07. The number of benzene rings is 3. The Labute approximate surface area is 228 Å². The van der Waals surface area contributed by atoms with Gasteiger partial charge in [-0.05, 0) is 47.9 Å². The van der Waals surface area contributed by atoms with Gasteiger partial charge in [-0.1, -0.05) is 72.8 Å². The average Bonchev–Trinajstić information content (AvgIpc) is 3.23. The first kappa shape index (κ1) is 25.9. The van der Waals surface area contributed by atoms with E-state index in [4.69, 9.17) is 0 Å². The van der Waals surface area contributed by atoms with Gasteiger partial charge in [-0.15, -0.1) is 0 Å². The summed E-state index contributed by atoms with van der Waals surface area (Å²) in [5.41, 5.74) is 5.93. The molecule has 0 aliphatic rings. The third kappa shape index (κ3) is 5.91. The van der Waals surface area contributed by atoms with Crippen LogP contribution < -0.4 is 10.2 Å². The van der Waals surface area contributed by atoms with Crippen LogP contribution in [0.1, 0.15) is 22.4 Å². The minimum atomic E-state index is -0.700. The summed E-state index contributed by atoms with van der Waals surface area (Å²) in [6.07, 6.45) is 4.22. The lowest BCUT2D eigenvalue weighted by Gasteiger charge is -2.25. The minimum absolute atomic E-state index is 0.158. The van der Waals surface area contributed by atoms with Crippen LogP contribution in [0.3, 0.4) is 0 Å². The standard InChI is InChI=1S/C33H32N4O2/c1-24-29(28-17-9-10-18-31(28)37(24)23-26-14-11-19-34-22-26)21-32(38)35-30(20-25-12-5-3-6-13-25)33(39)36(2)27-15-7-4-8-16-27/h3-19,22,30H,20-21,23H2,1-2H3,(H,35,38)/t30-/m0/s1. The van der Waals surface area contributed by atoms with E-state index in [1.807, 2.05) is 85.1 Å². The molecule has 5 aromatic rings. The summed E-state index contributed by atoms with van der Waals surface area (Å²) >= 11 is 0. The van der Waals surface area contributed by atoms with E-state index in [1.54, 1.807) is 18.1 Å². The third-order valence-electron chi connectivity index (χ3n) is 7.15. The quantitative estimate of drug-likeness (QED) is 0.288. The van der Waals surface area contributed by atoms with Crippen LogP contribution in [0.15, 0.2) is 109 Å². The fourth-order valence-corrected chi connectivity index (χ4v) is 5.07. The second-order valence-electron chi connectivity index (χ2n) is 9.75. The molecule has 0 bridgehead atoms. The molecular weight excluding hydrogens is 484 g/mol. The summed E-state index contributed by atoms with van der Waals surface area (Å²) in [7, 11) is 1.75. The number of pyridine rings is 1. The van der Waals surface area contributed by atoms with Gasteiger partial charge in [-0.25, -0.2) is 0 Å². The van der Waals surface area contributed by atoms with Gasteiger partial charge < -0.3 is 14.8 Å². The molecule has 2 heterocycles. The van der Waals surface area contributed by atoms with Crippen molar-refractivity contribution in [3.63, 3.8) is 0 Å². The zero-order valence-corrected chi connectivity index (χ0v) is 22.2. The van der Waals surface area contributed by atoms with E-state index in [-0.39, 0.29) is 18.2 Å². The van der Waals surface area contributed by atoms with E-state index in [0.29, 0.717) is 13.0 Å². The lowest BCUT2D eigenvalue weighted by molar-refractivity contribution is -0.127. The Morgan fingerprint density at radius 2 is 1.54 bits per heavy atom. The summed E-state index contributed by atoms with van der Waals surface area (Å²) in [5.74, 6) is -0.341. The topological polar surface area (TPSA) is 67.2 Å². The van der Waals surface area contributed by atoms with Crippen LogP contribution in [-0.2, 0) is 29.0 Å². The maximum Gasteiger partial charge on any atom is 0.249 e. The molecule has 2 aromatic heterocycles. The van der Waals surface area contributed by atoms with E-state index in [0.717, 1.165) is 39.0 Å². The number of hydrogen-bond donors (Lipinski definition) is 1. The summed E-state index contributed by atoms with van der Waals surface area (Å²) in [5, 5.41) is 4.11. The van der Waals surface area contributed by atoms with Gasteiger partial charge in [-0.3, -0.25) is 14.6 Å². The Balaban J connectivity index is 1.41. The zero-order chi connectivity index (χ0) is 27.2. The number of para-hydroxylation sites is 2. The molecular formula is C33H32N4O2. The molecule has 0 fully saturated rings. The van der Waals surface area contributed by atoms with Gasteiger partial charge >= 0.3 is 0 Å². The Bertz CT molecular complexity index is 1560. The van der Waals surface area contributed by atoms with E-state index >= 15 is 0 Å². The number of anilines is 1. The first-order valence-corrected chi connectivity index (χ1v) is 13.1. The molecule has 2 amide bonds. The van der Waals surface area contributed by atoms with Crippen LogP contribution in [0.4, 0.5) is 5.69 Å². The van der Waals surface area contributed by atoms with E-state index < -0.39 is 6.04 Å². The molecule has 0 unspecified atom stereocenters. The average molecular weight is 517 g/mol. The number of hydrogen-bond acceptors (Lipinski definition) is 3. The Morgan fingerprint density at radius 1 is 0.872 bits per heavy atom. The molecule has 1 atom stereocenters. The highest BCUT2D eigenvalue weighted by atomic mass is 16.2. The van der Waals surface area contributed by atoms with Gasteiger partial charge in [0.1, 0.15) is 6.04 Å². The first-order valence-electron chi connectivity index (χ1n) is 13.1. The fraction of sp³-hybridized carbons (Fsp3) is 0.182. The second-order valence-corrected chi connectivity index (χ2v) is 9.75. The van der Waals surface area contributed by atoms with Gasteiger partial charge in [0.25, 0.3) is 0 Å². The van der Waals surface area contributed by atoms with Crippen LogP contribution >= 0.6 is 0 Å². The molecule has 0 radical (unpaired) electrons. The van der Waals surface area contributed by atoms with Crippen molar-refractivity contribution in [2.75, 3.05) is 11.9 Å². The number of fused-ring (bicyclic) bond motifs is 1. The number of carbonyl (C=O) groups excluding carboxylic acids is 2. The maximum atomic E-state index is 13.6. The number of nitrogens with zero attached hydrogens (tertiary/aromatic N) is 3. The summed E-state index contributed by atoms with van der Waals surface area (Å²) in [6.45, 7) is 2.72. The Morgan fingerprint density at radius 3 is 2.26 bits per heavy atom. The largest absolute Gasteiger partial charge is 0.344 e. The molecule has 0 saturated heterocycles. The molecule has 196 valence electrons. The monoisotopic (exact) mass is 516 g/mol. The highest BCUT2D eigenvalue weighted by Crippen LogP contribution is 2.27. The van der Waals surface area contributed by atoms with Gasteiger partial charge in [0.05, 0.1) is 6.42 Å². The predicted octanol–water partition coefficient (Wildman–Crippen LogP) is 5.33. The second kappa shape index (κ2) is 11.8. The van der Waals surface area contributed by atoms with Gasteiger partial charge in [0, 0.05) is 54.7 Å². The molecule has 6 heteroatoms. The van der Waals surface area contributed by atoms with Crippen molar-refractivity contribution in [2.45, 2.75) is 32.4 Å². The molecule has 1 N–H and O–H groups in total. The van der Waals surface area contributed by atoms with Crippen molar-refractivity contribution in [1.82, 2.24) is 14.9 Å². The number of rotatable bonds is 9. The van der Waals surface area contributed by atoms with Crippen molar-refractivity contribution in [3.8, 4) is 0 Å². The molecule has 39 heavy (non-hydrogen) atoms. The maximum absolute atomic E-state index is 13.6. The molecule has 0 spiro atoms. The highest BCUT2D eigenvalue weighted by Gasteiger charge is 2.26. The van der Waals surface area contributed by atoms with Crippen LogP contribution in [0.5, 0.6) is 0 Å². The van der Waals surface area contributed by atoms with Crippen molar-refractivity contribution in [1.29, 1.82) is 0 Å². The lowest BCUT2D eigenvalue weighted by Crippen LogP contribution is -2.49. The third-order valence-corrected chi connectivity index (χ3v) is 7.15. The highest BCUT2D eigenvalue weighted by molar-refractivity contribution is 5.99. The van der Waals surface area contributed by atoms with E-state index in [9.17, 15) is 9.59 Å². The summed E-state index contributed by atoms with van der Waals surface area (Å²) in [4.78, 5) is 33.0. The smallest absolute Gasteiger partial charge is 0.249 e. The van der Waals surface area contributed by atoms with Crippen molar-refractivity contribution in [3.05, 3.63) is 132 Å². The van der Waals surface area contributed by atoms with Crippen molar-refractivity contribution < 1.29 is 9.59 Å². The van der Waals surface area contributed by atoms with Crippen molar-refractivity contribution in [2.24, 2.45) is 0 Å². The van der Waals surface area contributed by atoms with E-state index in [2.05, 4.69) is 40.0 Å². The normalized spacial score (nSPS) is 11.7. The lowest BCUT2D eigenvalue weighted by atomic mass is 10.0. The molecule has 0 aliphatic carbocycles. The van der Waals surface area contributed by atoms with Crippen LogP contribution in [0.25, 0.3) is 10.9 Å². The predicted molar refractivity (Wildman–Crippen MR) is 156 cm³/mol. The molecule has 0 aliphatic heterocycles. The number of nitrogens with one attached hydrogen (secondary N) is 1. The minimum Gasteiger partial charge on any atom is -0.344 e. The Kier molecular flexibility index (Phi) is 7.83. The van der Waals surface area contributed by atoms with Crippen LogP contribution in [0, 0.1) is 6.92 Å². The van der Waals surface area contributed by atoms with Crippen LogP contribution in [0.2, 0.25) is 0 Å². The van der Waals surface area contributed by atoms with Crippen LogP contribution in [-0.4, -0.2) is 34.5 Å². The number of amides is 2. The van der Waals surface area contributed by atoms with Gasteiger partial charge in [0.2, 0.25) is 11.8 Å². The summed E-state index contributed by atoms with van der Waals surface area (Å²) < 4.78 is 2.23. The molecule has 5 rings (SSSR count). The van der Waals surface area contributed by atoms with E-state index in [1.165, 1.54) is 0 Å². The number of carbonyl (C=O) groups is 2. The summed E-state index contributed by atoms with van der Waals surface area (Å²) in [6, 6.07) is 30.7. The molecule has 0 saturated carbocycles. The van der Waals surface area contributed by atoms with Crippen molar-refractivity contribution >= 4 is 28.4 Å². The molecule has 3 aromatic carbocycles.